The summed E-state index contributed by atoms with van der Waals surface area (Å²) < 4.78 is 31.9. The van der Waals surface area contributed by atoms with E-state index in [1.165, 1.54) is 12.4 Å². The number of nitrogens with one attached hydrogen (secondary N) is 1. The first kappa shape index (κ1) is 16.2. The molecule has 0 spiro atoms. The third-order valence-corrected chi connectivity index (χ3v) is 4.30. The van der Waals surface area contributed by atoms with E-state index in [0.717, 1.165) is 29.7 Å². The summed E-state index contributed by atoms with van der Waals surface area (Å²) in [6, 6.07) is 5.62. The smallest absolute Gasteiger partial charge is 0.254 e. The van der Waals surface area contributed by atoms with Gasteiger partial charge in [-0.1, -0.05) is 0 Å². The zero-order chi connectivity index (χ0) is 17.1. The highest BCUT2D eigenvalue weighted by Gasteiger charge is 2.23. The molecule has 122 valence electrons. The molecule has 4 nitrogen and oxygen atoms in total. The van der Waals surface area contributed by atoms with Crippen LogP contribution in [0, 0.1) is 18.6 Å². The maximum atomic E-state index is 14.2. The summed E-state index contributed by atoms with van der Waals surface area (Å²) in [5.41, 5.74) is 1.65. The van der Waals surface area contributed by atoms with Crippen LogP contribution in [0.3, 0.4) is 0 Å². The van der Waals surface area contributed by atoms with Gasteiger partial charge in [-0.05, 0) is 54.4 Å². The maximum absolute atomic E-state index is 14.2. The molecule has 0 aliphatic rings. The second-order valence-corrected chi connectivity index (χ2v) is 5.80. The monoisotopic (exact) mass is 345 g/mol. The van der Waals surface area contributed by atoms with E-state index in [-0.39, 0.29) is 5.56 Å². The van der Waals surface area contributed by atoms with E-state index in [2.05, 4.69) is 14.7 Å². The lowest BCUT2D eigenvalue weighted by Crippen LogP contribution is -2.30. The van der Waals surface area contributed by atoms with Crippen LogP contribution >= 0.6 is 11.5 Å². The van der Waals surface area contributed by atoms with Gasteiger partial charge in [-0.15, -0.1) is 0 Å². The van der Waals surface area contributed by atoms with Gasteiger partial charge >= 0.3 is 0 Å². The molecule has 0 aliphatic heterocycles. The summed E-state index contributed by atoms with van der Waals surface area (Å²) in [7, 11) is 0. The Hall–Kier alpha value is -2.67. The highest BCUT2D eigenvalue weighted by Crippen LogP contribution is 2.26. The number of benzene rings is 1. The SMILES string of the molecule is Cc1nscc1C(=O)N[C@H](c1ccncc1)c1cc(F)ccc1F. The van der Waals surface area contributed by atoms with Crippen LogP contribution in [0.5, 0.6) is 0 Å². The number of aryl methyl sites for hydroxylation is 1. The Morgan fingerprint density at radius 3 is 2.62 bits per heavy atom. The molecule has 3 rings (SSSR count). The first-order valence-electron chi connectivity index (χ1n) is 7.13. The average molecular weight is 345 g/mol. The van der Waals surface area contributed by atoms with E-state index < -0.39 is 23.6 Å². The highest BCUT2D eigenvalue weighted by molar-refractivity contribution is 7.03. The molecule has 1 aromatic carbocycles. The number of hydrogen-bond acceptors (Lipinski definition) is 4. The molecule has 2 heterocycles. The van der Waals surface area contributed by atoms with Crippen LogP contribution in [0.2, 0.25) is 0 Å². The van der Waals surface area contributed by atoms with E-state index in [4.69, 9.17) is 0 Å². The van der Waals surface area contributed by atoms with Crippen LogP contribution in [0.25, 0.3) is 0 Å². The van der Waals surface area contributed by atoms with Gasteiger partial charge in [0, 0.05) is 23.3 Å². The molecule has 3 aromatic rings. The second kappa shape index (κ2) is 6.84. The van der Waals surface area contributed by atoms with Crippen LogP contribution in [0.4, 0.5) is 8.78 Å². The molecule has 1 N–H and O–H groups in total. The Balaban J connectivity index is 2.01. The molecular formula is C17H13F2N3OS. The predicted octanol–water partition coefficient (Wildman–Crippen LogP) is 3.64. The topological polar surface area (TPSA) is 54.9 Å². The summed E-state index contributed by atoms with van der Waals surface area (Å²) in [6.45, 7) is 1.72. The first-order valence-corrected chi connectivity index (χ1v) is 7.96. The van der Waals surface area contributed by atoms with E-state index in [0.29, 0.717) is 16.8 Å². The molecule has 0 fully saturated rings. The van der Waals surface area contributed by atoms with E-state index >= 15 is 0 Å². The highest BCUT2D eigenvalue weighted by atomic mass is 32.1. The van der Waals surface area contributed by atoms with Crippen molar-refractivity contribution in [2.24, 2.45) is 0 Å². The van der Waals surface area contributed by atoms with Gasteiger partial charge in [-0.3, -0.25) is 9.78 Å². The third kappa shape index (κ3) is 3.30. The molecule has 1 atom stereocenters. The van der Waals surface area contributed by atoms with Gasteiger partial charge in [0.2, 0.25) is 0 Å². The van der Waals surface area contributed by atoms with Crippen LogP contribution in [0.1, 0.15) is 33.2 Å². The van der Waals surface area contributed by atoms with Gasteiger partial charge in [0.25, 0.3) is 5.91 Å². The van der Waals surface area contributed by atoms with Crippen molar-refractivity contribution in [2.45, 2.75) is 13.0 Å². The van der Waals surface area contributed by atoms with Crippen molar-refractivity contribution in [2.75, 3.05) is 0 Å². The molecule has 7 heteroatoms. The molecule has 24 heavy (non-hydrogen) atoms. The Bertz CT molecular complexity index is 867. The zero-order valence-corrected chi connectivity index (χ0v) is 13.5. The van der Waals surface area contributed by atoms with Gasteiger partial charge in [-0.2, -0.15) is 4.37 Å². The zero-order valence-electron chi connectivity index (χ0n) is 12.7. The van der Waals surface area contributed by atoms with Crippen LogP contribution < -0.4 is 5.32 Å². The lowest BCUT2D eigenvalue weighted by Gasteiger charge is -2.20. The minimum atomic E-state index is -0.838. The summed E-state index contributed by atoms with van der Waals surface area (Å²) in [6.07, 6.45) is 3.06. The standard InChI is InChI=1S/C17H13F2N3OS/c1-10-14(9-24-22-10)17(23)21-16(11-4-6-20-7-5-11)13-8-12(18)2-3-15(13)19/h2-9,16H,1H3,(H,21,23)/t16-/m1/s1. The summed E-state index contributed by atoms with van der Waals surface area (Å²) in [5, 5.41) is 4.38. The molecule has 0 unspecified atom stereocenters. The first-order chi connectivity index (χ1) is 11.6. The van der Waals surface area contributed by atoms with Crippen molar-refractivity contribution in [1.29, 1.82) is 0 Å². The molecule has 1 amide bonds. The summed E-state index contributed by atoms with van der Waals surface area (Å²) >= 11 is 1.16. The van der Waals surface area contributed by atoms with Gasteiger partial charge in [-0.25, -0.2) is 8.78 Å². The van der Waals surface area contributed by atoms with Gasteiger partial charge in [0.15, 0.2) is 0 Å². The number of carbonyl (C=O) groups excluding carboxylic acids is 1. The molecule has 0 aliphatic carbocycles. The number of carbonyl (C=O) groups is 1. The minimum absolute atomic E-state index is 0.0513. The fourth-order valence-corrected chi connectivity index (χ4v) is 3.04. The van der Waals surface area contributed by atoms with Crippen LogP contribution in [-0.4, -0.2) is 15.3 Å². The van der Waals surface area contributed by atoms with Gasteiger partial charge in [0.1, 0.15) is 11.6 Å². The van der Waals surface area contributed by atoms with Crippen molar-refractivity contribution in [3.05, 3.63) is 82.1 Å². The molecular weight excluding hydrogens is 332 g/mol. The molecule has 0 saturated carbocycles. The van der Waals surface area contributed by atoms with Crippen molar-refractivity contribution in [1.82, 2.24) is 14.7 Å². The van der Waals surface area contributed by atoms with Crippen molar-refractivity contribution in [3.8, 4) is 0 Å². The predicted molar refractivity (Wildman–Crippen MR) is 86.8 cm³/mol. The third-order valence-electron chi connectivity index (χ3n) is 3.58. The number of hydrogen-bond donors (Lipinski definition) is 1. The van der Waals surface area contributed by atoms with Crippen molar-refractivity contribution >= 4 is 17.4 Å². The number of pyridine rings is 1. The Morgan fingerprint density at radius 2 is 1.96 bits per heavy atom. The Labute approximate surface area is 141 Å². The van der Waals surface area contributed by atoms with E-state index in [9.17, 15) is 13.6 Å². The minimum Gasteiger partial charge on any atom is -0.341 e. The summed E-state index contributed by atoms with van der Waals surface area (Å²) in [4.78, 5) is 16.4. The lowest BCUT2D eigenvalue weighted by atomic mass is 9.98. The quantitative estimate of drug-likeness (QED) is 0.785. The summed E-state index contributed by atoms with van der Waals surface area (Å²) in [5.74, 6) is -1.57. The molecule has 0 radical (unpaired) electrons. The van der Waals surface area contributed by atoms with E-state index in [1.807, 2.05) is 0 Å². The van der Waals surface area contributed by atoms with E-state index in [1.54, 1.807) is 24.4 Å². The fraction of sp³-hybridized carbons (Fsp3) is 0.118. The number of nitrogens with zero attached hydrogens (tertiary/aromatic N) is 2. The second-order valence-electron chi connectivity index (χ2n) is 5.17. The fourth-order valence-electron chi connectivity index (χ4n) is 2.35. The average Bonchev–Trinajstić information content (AvgIpc) is 3.02. The Morgan fingerprint density at radius 1 is 1.21 bits per heavy atom. The molecule has 0 saturated heterocycles. The number of halogens is 2. The maximum Gasteiger partial charge on any atom is 0.254 e. The van der Waals surface area contributed by atoms with Gasteiger partial charge in [0.05, 0.1) is 17.3 Å². The molecule has 2 aromatic heterocycles. The number of amides is 1. The van der Waals surface area contributed by atoms with Gasteiger partial charge < -0.3 is 5.32 Å². The van der Waals surface area contributed by atoms with Crippen molar-refractivity contribution in [3.63, 3.8) is 0 Å². The van der Waals surface area contributed by atoms with Crippen LogP contribution in [-0.2, 0) is 0 Å². The Kier molecular flexibility index (Phi) is 4.61. The van der Waals surface area contributed by atoms with Crippen LogP contribution in [0.15, 0.2) is 48.1 Å². The normalized spacial score (nSPS) is 12.0. The van der Waals surface area contributed by atoms with Crippen molar-refractivity contribution < 1.29 is 13.6 Å². The number of rotatable bonds is 4. The number of aromatic nitrogens is 2. The molecule has 0 bridgehead atoms. The largest absolute Gasteiger partial charge is 0.341 e. The lowest BCUT2D eigenvalue weighted by molar-refractivity contribution is 0.0942.